The molecule has 0 unspecified atom stereocenters. The Morgan fingerprint density at radius 1 is 1.28 bits per heavy atom. The first-order valence-electron chi connectivity index (χ1n) is 7.18. The van der Waals surface area contributed by atoms with Crippen LogP contribution in [0.3, 0.4) is 0 Å². The van der Waals surface area contributed by atoms with Gasteiger partial charge in [-0.15, -0.1) is 11.3 Å². The Kier molecular flexibility index (Phi) is 3.36. The summed E-state index contributed by atoms with van der Waals surface area (Å²) in [4.78, 5) is 19.6. The molecule has 2 N–H and O–H groups in total. The molecule has 0 bridgehead atoms. The van der Waals surface area contributed by atoms with Gasteiger partial charge in [0, 0.05) is 17.0 Å². The van der Waals surface area contributed by atoms with Crippen LogP contribution in [0.15, 0.2) is 39.0 Å². The van der Waals surface area contributed by atoms with Crippen molar-refractivity contribution in [1.29, 1.82) is 0 Å². The van der Waals surface area contributed by atoms with Crippen LogP contribution < -0.4 is 10.7 Å². The molecule has 128 valence electrons. The van der Waals surface area contributed by atoms with Crippen LogP contribution in [0.2, 0.25) is 0 Å². The van der Waals surface area contributed by atoms with E-state index in [1.807, 2.05) is 0 Å². The maximum atomic E-state index is 13.2. The van der Waals surface area contributed by atoms with Crippen molar-refractivity contribution in [3.8, 4) is 0 Å². The number of aromatic amines is 1. The van der Waals surface area contributed by atoms with Crippen molar-refractivity contribution in [2.75, 3.05) is 5.32 Å². The average molecular weight is 365 g/mol. The lowest BCUT2D eigenvalue weighted by Crippen LogP contribution is -2.11. The summed E-state index contributed by atoms with van der Waals surface area (Å²) in [5, 5.41) is 5.27. The average Bonchev–Trinajstić information content (AvgIpc) is 3.15. The summed E-state index contributed by atoms with van der Waals surface area (Å²) in [7, 11) is 0. The largest absolute Gasteiger partial charge is 0.443 e. The van der Waals surface area contributed by atoms with Gasteiger partial charge in [-0.2, -0.15) is 13.2 Å². The Bertz CT molecular complexity index is 1140. The molecule has 0 radical (unpaired) electrons. The van der Waals surface area contributed by atoms with E-state index in [0.717, 1.165) is 6.07 Å². The first-order chi connectivity index (χ1) is 11.9. The summed E-state index contributed by atoms with van der Waals surface area (Å²) < 4.78 is 45.3. The summed E-state index contributed by atoms with van der Waals surface area (Å²) in [6.07, 6.45) is -2.99. The number of hydrogen-bond donors (Lipinski definition) is 2. The zero-order valence-electron chi connectivity index (χ0n) is 12.7. The molecule has 9 heteroatoms. The smallest absolute Gasteiger partial charge is 0.418 e. The van der Waals surface area contributed by atoms with Crippen molar-refractivity contribution >= 4 is 44.2 Å². The van der Waals surface area contributed by atoms with E-state index in [0.29, 0.717) is 10.9 Å². The number of anilines is 2. The molecule has 3 heterocycles. The number of halogens is 3. The molecule has 0 saturated heterocycles. The predicted molar refractivity (Wildman–Crippen MR) is 89.5 cm³/mol. The molecule has 0 saturated carbocycles. The summed E-state index contributed by atoms with van der Waals surface area (Å²) in [6.45, 7) is 1.58. The lowest BCUT2D eigenvalue weighted by atomic mass is 10.1. The molecule has 3 aromatic heterocycles. The number of aryl methyl sites for hydroxylation is 1. The second kappa shape index (κ2) is 5.35. The van der Waals surface area contributed by atoms with Crippen LogP contribution in [0, 0.1) is 6.92 Å². The van der Waals surface area contributed by atoms with E-state index in [-0.39, 0.29) is 27.7 Å². The maximum Gasteiger partial charge on any atom is 0.418 e. The number of furan rings is 1. The van der Waals surface area contributed by atoms with E-state index in [1.165, 1.54) is 23.5 Å². The number of aromatic nitrogens is 2. The van der Waals surface area contributed by atoms with E-state index >= 15 is 0 Å². The molecule has 4 aromatic rings. The van der Waals surface area contributed by atoms with Gasteiger partial charge < -0.3 is 14.7 Å². The number of H-pyrrole nitrogens is 1. The predicted octanol–water partition coefficient (Wildman–Crippen LogP) is 4.80. The van der Waals surface area contributed by atoms with Crippen LogP contribution in [0.5, 0.6) is 0 Å². The second-order valence-electron chi connectivity index (χ2n) is 5.38. The second-order valence-corrected chi connectivity index (χ2v) is 6.27. The first-order valence-corrected chi connectivity index (χ1v) is 8.06. The molecule has 0 fully saturated rings. The third-order valence-corrected chi connectivity index (χ3v) is 4.52. The van der Waals surface area contributed by atoms with Crippen LogP contribution in [-0.2, 0) is 6.18 Å². The van der Waals surface area contributed by atoms with Crippen molar-refractivity contribution in [3.63, 3.8) is 0 Å². The van der Waals surface area contributed by atoms with Gasteiger partial charge in [-0.1, -0.05) is 6.07 Å². The molecule has 5 nitrogen and oxygen atoms in total. The van der Waals surface area contributed by atoms with Crippen molar-refractivity contribution < 1.29 is 17.6 Å². The van der Waals surface area contributed by atoms with Crippen LogP contribution in [0.4, 0.5) is 24.2 Å². The van der Waals surface area contributed by atoms with Crippen molar-refractivity contribution in [3.05, 3.63) is 51.3 Å². The number of alkyl halides is 3. The van der Waals surface area contributed by atoms with Gasteiger partial charge in [0.25, 0.3) is 0 Å². The molecule has 0 amide bonds. The third kappa shape index (κ3) is 2.47. The molecule has 4 rings (SSSR count). The highest BCUT2D eigenvalue weighted by Gasteiger charge is 2.33. The van der Waals surface area contributed by atoms with Crippen molar-refractivity contribution in [1.82, 2.24) is 9.97 Å². The number of hydrogen-bond acceptors (Lipinski definition) is 5. The van der Waals surface area contributed by atoms with Gasteiger partial charge in [-0.3, -0.25) is 4.79 Å². The number of nitrogens with zero attached hydrogens (tertiary/aromatic N) is 1. The number of benzene rings is 1. The Labute approximate surface area is 142 Å². The number of fused-ring (bicyclic) bond motifs is 2. The topological polar surface area (TPSA) is 70.9 Å². The highest BCUT2D eigenvalue weighted by Crippen LogP contribution is 2.36. The van der Waals surface area contributed by atoms with E-state index < -0.39 is 17.2 Å². The lowest BCUT2D eigenvalue weighted by Gasteiger charge is -2.10. The van der Waals surface area contributed by atoms with Crippen LogP contribution >= 0.6 is 11.3 Å². The van der Waals surface area contributed by atoms with Gasteiger partial charge in [0.2, 0.25) is 11.3 Å². The van der Waals surface area contributed by atoms with Crippen molar-refractivity contribution in [2.45, 2.75) is 13.1 Å². The minimum absolute atomic E-state index is 0.0506. The Hall–Kier alpha value is -2.81. The monoisotopic (exact) mass is 365 g/mol. The molecular weight excluding hydrogens is 355 g/mol. The Morgan fingerprint density at radius 2 is 2.08 bits per heavy atom. The molecule has 1 aromatic carbocycles. The Balaban J connectivity index is 2.05. The molecular formula is C16H10F3N3O2S. The molecule has 0 aliphatic rings. The van der Waals surface area contributed by atoms with Crippen LogP contribution in [-0.4, -0.2) is 9.97 Å². The van der Waals surface area contributed by atoms with E-state index in [4.69, 9.17) is 4.42 Å². The van der Waals surface area contributed by atoms with Gasteiger partial charge in [0.1, 0.15) is 11.1 Å². The van der Waals surface area contributed by atoms with Gasteiger partial charge in [-0.05, 0) is 19.1 Å². The van der Waals surface area contributed by atoms with Crippen LogP contribution in [0.25, 0.3) is 21.8 Å². The Morgan fingerprint density at radius 3 is 2.76 bits per heavy atom. The maximum absolute atomic E-state index is 13.2. The zero-order chi connectivity index (χ0) is 17.8. The molecule has 0 atom stereocenters. The van der Waals surface area contributed by atoms with E-state index in [9.17, 15) is 18.0 Å². The summed E-state index contributed by atoms with van der Waals surface area (Å²) in [5.74, 6) is 0.466. The molecule has 25 heavy (non-hydrogen) atoms. The number of para-hydroxylation sites is 1. The number of pyridine rings is 1. The van der Waals surface area contributed by atoms with Gasteiger partial charge in [0.15, 0.2) is 5.13 Å². The first kappa shape index (κ1) is 15.7. The standard InChI is InChI=1S/C16H10F3N3O2S/c1-7-11-10(14(24-7)22-15-20-5-6-25-15)13(23)8-3-2-4-9(12(8)21-11)16(17,18)19/h2-6,21H,1H3,(H,20,22). The molecule has 0 spiro atoms. The number of nitrogens with one attached hydrogen (secondary N) is 2. The number of rotatable bonds is 2. The van der Waals surface area contributed by atoms with Gasteiger partial charge in [0.05, 0.1) is 16.6 Å². The van der Waals surface area contributed by atoms with Gasteiger partial charge in [-0.25, -0.2) is 4.98 Å². The quantitative estimate of drug-likeness (QED) is 0.535. The molecule has 0 aliphatic heterocycles. The summed E-state index contributed by atoms with van der Waals surface area (Å²) >= 11 is 1.31. The fraction of sp³-hybridized carbons (Fsp3) is 0.125. The fourth-order valence-corrected chi connectivity index (χ4v) is 3.28. The van der Waals surface area contributed by atoms with E-state index in [2.05, 4.69) is 15.3 Å². The van der Waals surface area contributed by atoms with Crippen molar-refractivity contribution in [2.24, 2.45) is 0 Å². The summed E-state index contributed by atoms with van der Waals surface area (Å²) in [6, 6.07) is 3.51. The minimum Gasteiger partial charge on any atom is -0.443 e. The minimum atomic E-state index is -4.57. The third-order valence-electron chi connectivity index (χ3n) is 3.83. The lowest BCUT2D eigenvalue weighted by molar-refractivity contribution is -0.136. The highest BCUT2D eigenvalue weighted by atomic mass is 32.1. The molecule has 0 aliphatic carbocycles. The highest BCUT2D eigenvalue weighted by molar-refractivity contribution is 7.13. The SMILES string of the molecule is Cc1oc(Nc2nccs2)c2c(=O)c3cccc(C(F)(F)F)c3[nH]c12. The normalized spacial score (nSPS) is 12.2. The number of thiazole rings is 1. The van der Waals surface area contributed by atoms with Crippen LogP contribution in [0.1, 0.15) is 11.3 Å². The van der Waals surface area contributed by atoms with E-state index in [1.54, 1.807) is 18.5 Å². The summed E-state index contributed by atoms with van der Waals surface area (Å²) in [5.41, 5.74) is -1.45. The zero-order valence-corrected chi connectivity index (χ0v) is 13.5. The van der Waals surface area contributed by atoms with Gasteiger partial charge >= 0.3 is 6.18 Å². The fourth-order valence-electron chi connectivity index (χ4n) is 2.75.